The Morgan fingerprint density at radius 1 is 1.09 bits per heavy atom. The van der Waals surface area contributed by atoms with E-state index in [4.69, 9.17) is 4.74 Å². The van der Waals surface area contributed by atoms with Crippen LogP contribution in [0.5, 0.6) is 0 Å². The molecule has 4 bridgehead atoms. The van der Waals surface area contributed by atoms with Gasteiger partial charge in [0.25, 0.3) is 0 Å². The lowest BCUT2D eigenvalue weighted by Gasteiger charge is -2.10. The van der Waals surface area contributed by atoms with Crippen LogP contribution in [0.25, 0.3) is 16.8 Å². The molecule has 0 unspecified atom stereocenters. The Bertz CT molecular complexity index is 800. The molecule has 4 heterocycles. The number of ether oxygens (including phenoxy) is 1. The van der Waals surface area contributed by atoms with Gasteiger partial charge in [-0.05, 0) is 23.8 Å². The third-order valence-corrected chi connectivity index (χ3v) is 3.55. The van der Waals surface area contributed by atoms with Crippen LogP contribution in [-0.4, -0.2) is 45.9 Å². The topological polar surface area (TPSA) is 76.4 Å². The van der Waals surface area contributed by atoms with E-state index < -0.39 is 0 Å². The quantitative estimate of drug-likeness (QED) is 0.657. The Labute approximate surface area is 127 Å². The summed E-state index contributed by atoms with van der Waals surface area (Å²) in [7, 11) is 0. The van der Waals surface area contributed by atoms with Crippen LogP contribution in [0.1, 0.15) is 0 Å². The van der Waals surface area contributed by atoms with Crippen molar-refractivity contribution in [2.24, 2.45) is 0 Å². The van der Waals surface area contributed by atoms with E-state index in [-0.39, 0.29) is 0 Å². The number of hydrogen-bond acceptors (Lipinski definition) is 6. The van der Waals surface area contributed by atoms with E-state index in [0.717, 1.165) is 41.5 Å². The van der Waals surface area contributed by atoms with Gasteiger partial charge in [0.15, 0.2) is 5.65 Å². The van der Waals surface area contributed by atoms with Crippen LogP contribution in [0.15, 0.2) is 36.8 Å². The van der Waals surface area contributed by atoms with Gasteiger partial charge in [-0.2, -0.15) is 5.10 Å². The number of pyridine rings is 1. The first-order valence-corrected chi connectivity index (χ1v) is 7.26. The summed E-state index contributed by atoms with van der Waals surface area (Å²) in [5.41, 5.74) is 2.85. The van der Waals surface area contributed by atoms with Gasteiger partial charge in [-0.25, -0.2) is 14.5 Å². The van der Waals surface area contributed by atoms with Gasteiger partial charge in [0.05, 0.1) is 19.4 Å². The summed E-state index contributed by atoms with van der Waals surface area (Å²) in [5.74, 6) is 1.65. The molecule has 0 aliphatic carbocycles. The molecule has 7 nitrogen and oxygen atoms in total. The molecule has 3 aromatic rings. The number of fused-ring (bicyclic) bond motifs is 4. The highest BCUT2D eigenvalue weighted by Crippen LogP contribution is 2.25. The van der Waals surface area contributed by atoms with Crippen LogP contribution >= 0.6 is 0 Å². The first-order chi connectivity index (χ1) is 10.9. The minimum absolute atomic E-state index is 0.633. The van der Waals surface area contributed by atoms with Crippen molar-refractivity contribution in [2.75, 3.05) is 36.9 Å². The predicted molar refractivity (Wildman–Crippen MR) is 84.0 cm³/mol. The number of nitrogens with one attached hydrogen (secondary N) is 2. The molecule has 0 saturated heterocycles. The maximum atomic E-state index is 5.56. The van der Waals surface area contributed by atoms with Gasteiger partial charge in [-0.15, -0.1) is 0 Å². The maximum absolute atomic E-state index is 5.56. The van der Waals surface area contributed by atoms with E-state index >= 15 is 0 Å². The molecule has 2 N–H and O–H groups in total. The fraction of sp³-hybridized carbons (Fsp3) is 0.267. The van der Waals surface area contributed by atoms with Crippen molar-refractivity contribution in [3.63, 3.8) is 0 Å². The molecule has 4 rings (SSSR count). The van der Waals surface area contributed by atoms with Gasteiger partial charge >= 0.3 is 0 Å². The first kappa shape index (κ1) is 13.0. The van der Waals surface area contributed by atoms with Gasteiger partial charge < -0.3 is 15.4 Å². The molecular formula is C15H16N6O. The molecule has 112 valence electrons. The summed E-state index contributed by atoms with van der Waals surface area (Å²) in [6, 6.07) is 5.88. The van der Waals surface area contributed by atoms with Gasteiger partial charge in [-0.3, -0.25) is 0 Å². The third kappa shape index (κ3) is 2.46. The molecule has 0 atom stereocenters. The molecule has 0 saturated carbocycles. The lowest BCUT2D eigenvalue weighted by molar-refractivity contribution is 0.154. The van der Waals surface area contributed by atoms with Crippen molar-refractivity contribution in [2.45, 2.75) is 0 Å². The minimum atomic E-state index is 0.633. The Morgan fingerprint density at radius 2 is 1.95 bits per heavy atom. The van der Waals surface area contributed by atoms with Crippen LogP contribution in [0.2, 0.25) is 0 Å². The summed E-state index contributed by atoms with van der Waals surface area (Å²) in [6.45, 7) is 2.72. The molecule has 0 radical (unpaired) electrons. The van der Waals surface area contributed by atoms with E-state index in [1.807, 2.05) is 30.6 Å². The molecule has 0 fully saturated rings. The first-order valence-electron chi connectivity index (χ1n) is 7.26. The Balaban J connectivity index is 1.83. The number of rotatable bonds is 0. The molecule has 22 heavy (non-hydrogen) atoms. The zero-order valence-corrected chi connectivity index (χ0v) is 12.0. The number of nitrogens with zero attached hydrogens (tertiary/aromatic N) is 4. The predicted octanol–water partition coefficient (Wildman–Crippen LogP) is 1.65. The molecule has 7 heteroatoms. The van der Waals surface area contributed by atoms with E-state index in [0.29, 0.717) is 13.2 Å². The van der Waals surface area contributed by atoms with Crippen LogP contribution in [0, 0.1) is 0 Å². The Hall–Kier alpha value is -2.67. The lowest BCUT2D eigenvalue weighted by atomic mass is 10.1. The molecular weight excluding hydrogens is 280 g/mol. The minimum Gasteiger partial charge on any atom is -0.378 e. The van der Waals surface area contributed by atoms with Crippen molar-refractivity contribution < 1.29 is 4.74 Å². The smallest absolute Gasteiger partial charge is 0.165 e. The van der Waals surface area contributed by atoms with Crippen molar-refractivity contribution in [3.05, 3.63) is 36.8 Å². The summed E-state index contributed by atoms with van der Waals surface area (Å²) in [5, 5.41) is 10.9. The molecule has 0 aromatic carbocycles. The van der Waals surface area contributed by atoms with Crippen molar-refractivity contribution in [1.82, 2.24) is 19.6 Å². The third-order valence-electron chi connectivity index (χ3n) is 3.55. The SMILES string of the molecule is c1cc2cc(n1)NCCOCCNc1ccn3ncc-2c3n1. The van der Waals surface area contributed by atoms with Crippen molar-refractivity contribution in [1.29, 1.82) is 0 Å². The Morgan fingerprint density at radius 3 is 2.86 bits per heavy atom. The molecule has 1 aliphatic rings. The average Bonchev–Trinajstić information content (AvgIpc) is 2.97. The van der Waals surface area contributed by atoms with Crippen LogP contribution in [0.4, 0.5) is 11.6 Å². The van der Waals surface area contributed by atoms with Gasteiger partial charge in [0, 0.05) is 31.0 Å². The highest BCUT2D eigenvalue weighted by Gasteiger charge is 2.10. The zero-order chi connectivity index (χ0) is 14.8. The number of anilines is 2. The van der Waals surface area contributed by atoms with Gasteiger partial charge in [-0.1, -0.05) is 0 Å². The summed E-state index contributed by atoms with van der Waals surface area (Å²) in [4.78, 5) is 8.98. The fourth-order valence-corrected chi connectivity index (χ4v) is 2.47. The van der Waals surface area contributed by atoms with E-state index in [9.17, 15) is 0 Å². The lowest BCUT2D eigenvalue weighted by Crippen LogP contribution is -2.15. The van der Waals surface area contributed by atoms with E-state index in [2.05, 4.69) is 25.7 Å². The average molecular weight is 296 g/mol. The van der Waals surface area contributed by atoms with Crippen LogP contribution in [0.3, 0.4) is 0 Å². The van der Waals surface area contributed by atoms with Crippen LogP contribution in [-0.2, 0) is 4.74 Å². The zero-order valence-electron chi connectivity index (χ0n) is 12.0. The highest BCUT2D eigenvalue weighted by molar-refractivity contribution is 5.78. The summed E-state index contributed by atoms with van der Waals surface area (Å²) < 4.78 is 7.34. The molecule has 3 aromatic heterocycles. The highest BCUT2D eigenvalue weighted by atomic mass is 16.5. The largest absolute Gasteiger partial charge is 0.378 e. The van der Waals surface area contributed by atoms with Crippen molar-refractivity contribution >= 4 is 17.3 Å². The van der Waals surface area contributed by atoms with Gasteiger partial charge in [0.1, 0.15) is 11.6 Å². The molecule has 0 spiro atoms. The molecule has 0 amide bonds. The van der Waals surface area contributed by atoms with E-state index in [1.165, 1.54) is 0 Å². The standard InChI is InChI=1S/C15H16N6O/c1-3-16-14-9-11(1)12-10-19-21-6-2-13(20-15(12)21)17-4-7-22-8-5-18-14/h1-3,6,9-10H,4-5,7-8H2,(H,16,18)(H,17,20). The van der Waals surface area contributed by atoms with E-state index in [1.54, 1.807) is 10.7 Å². The second kappa shape index (κ2) is 5.61. The fourth-order valence-electron chi connectivity index (χ4n) is 2.47. The number of aromatic nitrogens is 4. The van der Waals surface area contributed by atoms with Crippen LogP contribution < -0.4 is 10.6 Å². The maximum Gasteiger partial charge on any atom is 0.165 e. The second-order valence-corrected chi connectivity index (χ2v) is 5.03. The number of hydrogen-bond donors (Lipinski definition) is 2. The Kier molecular flexibility index (Phi) is 3.32. The monoisotopic (exact) mass is 296 g/mol. The summed E-state index contributed by atoms with van der Waals surface area (Å²) in [6.07, 6.45) is 5.53. The summed E-state index contributed by atoms with van der Waals surface area (Å²) >= 11 is 0. The van der Waals surface area contributed by atoms with Crippen molar-refractivity contribution in [3.8, 4) is 11.1 Å². The normalized spacial score (nSPS) is 15.1. The second-order valence-electron chi connectivity index (χ2n) is 5.03. The molecule has 1 aliphatic heterocycles. The van der Waals surface area contributed by atoms with Gasteiger partial charge in [0.2, 0.25) is 0 Å².